The van der Waals surface area contributed by atoms with Gasteiger partial charge < -0.3 is 4.74 Å². The average molecular weight is 331 g/mol. The summed E-state index contributed by atoms with van der Waals surface area (Å²) in [5.74, 6) is 1.04. The van der Waals surface area contributed by atoms with Crippen LogP contribution in [0.2, 0.25) is 0 Å². The molecule has 0 N–H and O–H groups in total. The van der Waals surface area contributed by atoms with Crippen LogP contribution in [-0.4, -0.2) is 6.61 Å². The van der Waals surface area contributed by atoms with Crippen LogP contribution in [0.15, 0.2) is 41.8 Å². The van der Waals surface area contributed by atoms with Crippen LogP contribution in [-0.2, 0) is 0 Å². The summed E-state index contributed by atoms with van der Waals surface area (Å²) in [6.07, 6.45) is 12.2. The van der Waals surface area contributed by atoms with E-state index in [9.17, 15) is 0 Å². The molecule has 0 bridgehead atoms. The zero-order valence-electron chi connectivity index (χ0n) is 14.4. The van der Waals surface area contributed by atoms with Gasteiger partial charge in [-0.25, -0.2) is 0 Å². The van der Waals surface area contributed by atoms with E-state index in [4.69, 9.17) is 4.74 Å². The Balaban J connectivity index is 1.58. The van der Waals surface area contributed by atoms with Crippen LogP contribution >= 0.6 is 11.3 Å². The van der Waals surface area contributed by atoms with Crippen LogP contribution in [0.1, 0.15) is 64.7 Å². The van der Waals surface area contributed by atoms with E-state index in [2.05, 4.69) is 48.7 Å². The molecule has 2 rings (SSSR count). The molecule has 1 aromatic carbocycles. The summed E-state index contributed by atoms with van der Waals surface area (Å²) in [6.45, 7) is 3.11. The van der Waals surface area contributed by atoms with Gasteiger partial charge >= 0.3 is 0 Å². The number of unbranched alkanes of at least 4 members (excludes halogenated alkanes) is 8. The van der Waals surface area contributed by atoms with Crippen LogP contribution in [0.4, 0.5) is 0 Å². The van der Waals surface area contributed by atoms with Gasteiger partial charge in [0.15, 0.2) is 0 Å². The fourth-order valence-electron chi connectivity index (χ4n) is 2.81. The first-order valence-corrected chi connectivity index (χ1v) is 10.1. The fraction of sp³-hybridized carbons (Fsp3) is 0.524. The van der Waals surface area contributed by atoms with E-state index in [1.807, 2.05) is 0 Å². The maximum atomic E-state index is 6.00. The molecule has 23 heavy (non-hydrogen) atoms. The molecule has 0 aliphatic carbocycles. The monoisotopic (exact) mass is 330 g/mol. The highest BCUT2D eigenvalue weighted by Crippen LogP contribution is 2.35. The molecule has 1 nitrogen and oxygen atoms in total. The van der Waals surface area contributed by atoms with Crippen molar-refractivity contribution in [1.29, 1.82) is 0 Å². The molecule has 0 atom stereocenters. The number of hydrogen-bond donors (Lipinski definition) is 0. The Morgan fingerprint density at radius 2 is 1.43 bits per heavy atom. The van der Waals surface area contributed by atoms with Crippen LogP contribution in [0.3, 0.4) is 0 Å². The van der Waals surface area contributed by atoms with Gasteiger partial charge in [-0.15, -0.1) is 11.3 Å². The van der Waals surface area contributed by atoms with Crippen molar-refractivity contribution in [1.82, 2.24) is 0 Å². The summed E-state index contributed by atoms with van der Waals surface area (Å²) in [5, 5.41) is 2.12. The molecule has 0 saturated carbocycles. The van der Waals surface area contributed by atoms with E-state index in [1.165, 1.54) is 68.2 Å². The van der Waals surface area contributed by atoms with Crippen molar-refractivity contribution in [3.8, 4) is 16.2 Å². The maximum absolute atomic E-state index is 6.00. The van der Waals surface area contributed by atoms with Crippen LogP contribution in [0.25, 0.3) is 10.4 Å². The van der Waals surface area contributed by atoms with Gasteiger partial charge in [-0.1, -0.05) is 88.6 Å². The Hall–Kier alpha value is -1.28. The smallest absolute Gasteiger partial charge is 0.137 e. The van der Waals surface area contributed by atoms with E-state index in [-0.39, 0.29) is 0 Å². The second kappa shape index (κ2) is 11.3. The highest BCUT2D eigenvalue weighted by atomic mass is 32.1. The molecular formula is C21H30OS. The topological polar surface area (TPSA) is 9.23 Å². The third-order valence-corrected chi connectivity index (χ3v) is 5.12. The van der Waals surface area contributed by atoms with Crippen molar-refractivity contribution < 1.29 is 4.74 Å². The van der Waals surface area contributed by atoms with Gasteiger partial charge in [0.1, 0.15) is 5.75 Å². The first-order chi connectivity index (χ1) is 11.4. The maximum Gasteiger partial charge on any atom is 0.137 e. The van der Waals surface area contributed by atoms with E-state index >= 15 is 0 Å². The van der Waals surface area contributed by atoms with Crippen molar-refractivity contribution in [2.24, 2.45) is 0 Å². The highest BCUT2D eigenvalue weighted by Gasteiger charge is 2.07. The standard InChI is InChI=1S/C21H30OS/c1-2-3-4-5-6-7-8-9-13-17-22-20-16-18-23-21(20)19-14-11-10-12-15-19/h10-12,14-16,18H,2-9,13,17H2,1H3. The molecule has 1 heterocycles. The van der Waals surface area contributed by atoms with E-state index in [0.717, 1.165) is 12.4 Å². The molecular weight excluding hydrogens is 300 g/mol. The third-order valence-electron chi connectivity index (χ3n) is 4.17. The summed E-state index contributed by atoms with van der Waals surface area (Å²) in [7, 11) is 0. The van der Waals surface area contributed by atoms with Crippen molar-refractivity contribution >= 4 is 11.3 Å². The van der Waals surface area contributed by atoms with Crippen LogP contribution < -0.4 is 4.74 Å². The summed E-state index contributed by atoms with van der Waals surface area (Å²) >= 11 is 1.76. The van der Waals surface area contributed by atoms with Crippen molar-refractivity contribution in [2.45, 2.75) is 64.7 Å². The highest BCUT2D eigenvalue weighted by molar-refractivity contribution is 7.14. The van der Waals surface area contributed by atoms with Gasteiger partial charge in [-0.05, 0) is 23.4 Å². The molecule has 126 valence electrons. The molecule has 0 radical (unpaired) electrons. The summed E-state index contributed by atoms with van der Waals surface area (Å²) < 4.78 is 6.00. The summed E-state index contributed by atoms with van der Waals surface area (Å²) in [4.78, 5) is 1.25. The minimum atomic E-state index is 0.840. The van der Waals surface area contributed by atoms with E-state index in [1.54, 1.807) is 11.3 Å². The number of hydrogen-bond acceptors (Lipinski definition) is 2. The minimum absolute atomic E-state index is 0.840. The lowest BCUT2D eigenvalue weighted by molar-refractivity contribution is 0.306. The van der Waals surface area contributed by atoms with E-state index in [0.29, 0.717) is 0 Å². The SMILES string of the molecule is CCCCCCCCCCCOc1ccsc1-c1ccccc1. The Morgan fingerprint density at radius 3 is 2.13 bits per heavy atom. The Labute approximate surface area is 145 Å². The average Bonchev–Trinajstić information content (AvgIpc) is 3.06. The number of thiophene rings is 1. The third kappa shape index (κ3) is 6.78. The van der Waals surface area contributed by atoms with Gasteiger partial charge in [-0.2, -0.15) is 0 Å². The lowest BCUT2D eigenvalue weighted by Gasteiger charge is -2.07. The minimum Gasteiger partial charge on any atom is -0.492 e. The normalized spacial score (nSPS) is 10.8. The first kappa shape index (κ1) is 18.1. The Morgan fingerprint density at radius 1 is 0.783 bits per heavy atom. The molecule has 0 amide bonds. The van der Waals surface area contributed by atoms with Gasteiger partial charge in [0, 0.05) is 0 Å². The number of rotatable bonds is 12. The van der Waals surface area contributed by atoms with Gasteiger partial charge in [-0.3, -0.25) is 0 Å². The Kier molecular flexibility index (Phi) is 8.86. The lowest BCUT2D eigenvalue weighted by atomic mass is 10.1. The zero-order chi connectivity index (χ0) is 16.2. The van der Waals surface area contributed by atoms with Gasteiger partial charge in [0.05, 0.1) is 11.5 Å². The molecule has 0 saturated heterocycles. The van der Waals surface area contributed by atoms with Crippen molar-refractivity contribution in [3.05, 3.63) is 41.8 Å². The summed E-state index contributed by atoms with van der Waals surface area (Å²) in [5.41, 5.74) is 1.25. The van der Waals surface area contributed by atoms with Gasteiger partial charge in [0.2, 0.25) is 0 Å². The Bertz CT molecular complexity index is 518. The molecule has 2 aromatic rings. The predicted octanol–water partition coefficient (Wildman–Crippen LogP) is 7.32. The molecule has 0 fully saturated rings. The quantitative estimate of drug-likeness (QED) is 0.370. The second-order valence-electron chi connectivity index (χ2n) is 6.16. The fourth-order valence-corrected chi connectivity index (χ4v) is 3.65. The number of benzene rings is 1. The van der Waals surface area contributed by atoms with Gasteiger partial charge in [0.25, 0.3) is 0 Å². The molecule has 2 heteroatoms. The van der Waals surface area contributed by atoms with Crippen molar-refractivity contribution in [3.63, 3.8) is 0 Å². The predicted molar refractivity (Wildman–Crippen MR) is 102 cm³/mol. The zero-order valence-corrected chi connectivity index (χ0v) is 15.2. The molecule has 0 aliphatic heterocycles. The molecule has 0 aliphatic rings. The molecule has 0 spiro atoms. The van der Waals surface area contributed by atoms with Crippen LogP contribution in [0.5, 0.6) is 5.75 Å². The molecule has 0 unspecified atom stereocenters. The molecule has 1 aromatic heterocycles. The van der Waals surface area contributed by atoms with E-state index < -0.39 is 0 Å². The first-order valence-electron chi connectivity index (χ1n) is 9.17. The lowest BCUT2D eigenvalue weighted by Crippen LogP contribution is -1.97. The van der Waals surface area contributed by atoms with Crippen LogP contribution in [0, 0.1) is 0 Å². The van der Waals surface area contributed by atoms with Crippen molar-refractivity contribution in [2.75, 3.05) is 6.61 Å². The largest absolute Gasteiger partial charge is 0.492 e. The summed E-state index contributed by atoms with van der Waals surface area (Å²) in [6, 6.07) is 12.6. The second-order valence-corrected chi connectivity index (χ2v) is 7.07. The number of ether oxygens (including phenoxy) is 1.